The smallest absolute Gasteiger partial charge is 0.0501 e. The third-order valence-corrected chi connectivity index (χ3v) is 2.19. The highest BCUT2D eigenvalue weighted by molar-refractivity contribution is 6.63. The lowest BCUT2D eigenvalue weighted by atomic mass is 10.4. The largest absolute Gasteiger partial charge is 0.0708 e. The predicted octanol–water partition coefficient (Wildman–Crippen LogP) is 1.19. The molecule has 0 N–H and O–H groups in total. The normalized spacial score (nSPS) is 22.9. The van der Waals surface area contributed by atoms with Gasteiger partial charge in [-0.15, -0.1) is 0 Å². The Kier molecular flexibility index (Phi) is 2.12. The second-order valence-electron chi connectivity index (χ2n) is 1.88. The zero-order valence-electron chi connectivity index (χ0n) is 5.00. The summed E-state index contributed by atoms with van der Waals surface area (Å²) < 4.78 is 0. The van der Waals surface area contributed by atoms with E-state index >= 15 is 0 Å². The highest BCUT2D eigenvalue weighted by atomic mass is 28.3. The summed E-state index contributed by atoms with van der Waals surface area (Å²) in [6.07, 6.45) is 11.4. The minimum absolute atomic E-state index is 0.343. The van der Waals surface area contributed by atoms with Gasteiger partial charge in [-0.05, 0) is 31.2 Å². The molecule has 0 aromatic carbocycles. The summed E-state index contributed by atoms with van der Waals surface area (Å²) in [6.45, 7) is 4.41. The molecule has 1 heteroatoms. The van der Waals surface area contributed by atoms with Crippen LogP contribution in [0, 0.1) is 31.2 Å². The Morgan fingerprint density at radius 2 is 1.62 bits per heavy atom. The van der Waals surface area contributed by atoms with Crippen molar-refractivity contribution < 1.29 is 0 Å². The molecule has 0 bridgehead atoms. The van der Waals surface area contributed by atoms with Crippen LogP contribution in [0.3, 0.4) is 0 Å². The van der Waals surface area contributed by atoms with E-state index in [2.05, 4.69) is 38.8 Å². The van der Waals surface area contributed by atoms with E-state index in [-0.39, 0.29) is 8.80 Å². The van der Waals surface area contributed by atoms with Crippen LogP contribution < -0.4 is 0 Å². The van der Waals surface area contributed by atoms with Gasteiger partial charge >= 0.3 is 0 Å². The van der Waals surface area contributed by atoms with Crippen molar-refractivity contribution in [3.63, 3.8) is 0 Å². The number of rotatable bonds is 1. The van der Waals surface area contributed by atoms with Crippen LogP contribution in [-0.2, 0) is 0 Å². The fraction of sp³-hybridized carbons (Fsp3) is 0.286. The van der Waals surface area contributed by atoms with E-state index in [1.54, 1.807) is 0 Å². The fourth-order valence-electron chi connectivity index (χ4n) is 0.469. The van der Waals surface area contributed by atoms with Crippen LogP contribution in [0.1, 0.15) is 0 Å². The van der Waals surface area contributed by atoms with Crippen LogP contribution in [0.4, 0.5) is 0 Å². The molecule has 1 saturated carbocycles. The second kappa shape index (κ2) is 2.67. The lowest BCUT2D eigenvalue weighted by Crippen LogP contribution is -2.12. The molecule has 0 amide bonds. The summed E-state index contributed by atoms with van der Waals surface area (Å²) in [6, 6.07) is 0. The third kappa shape index (κ3) is 1.34. The topological polar surface area (TPSA) is 0 Å². The first-order valence-electron chi connectivity index (χ1n) is 2.50. The maximum Gasteiger partial charge on any atom is 0.0501 e. The van der Waals surface area contributed by atoms with Crippen molar-refractivity contribution >= 4 is 8.80 Å². The molecule has 0 aromatic rings. The SMILES string of the molecule is C[Si](C)[C]1[C][C][C][C]1. The zero-order valence-corrected chi connectivity index (χ0v) is 6.00. The molecule has 1 fully saturated rings. The number of hydrogen-bond donors (Lipinski definition) is 0. The van der Waals surface area contributed by atoms with Gasteiger partial charge in [-0.25, -0.2) is 0 Å². The van der Waals surface area contributed by atoms with Gasteiger partial charge in [0.2, 0.25) is 0 Å². The van der Waals surface area contributed by atoms with E-state index in [9.17, 15) is 0 Å². The average Bonchev–Trinajstić information content (AvgIpc) is 2.12. The minimum atomic E-state index is -0.343. The minimum Gasteiger partial charge on any atom is -0.0708 e. The summed E-state index contributed by atoms with van der Waals surface area (Å²) in [5.41, 5.74) is 1.18. The van der Waals surface area contributed by atoms with Gasteiger partial charge in [0, 0.05) is 0 Å². The van der Waals surface area contributed by atoms with E-state index in [4.69, 9.17) is 0 Å². The zero-order chi connectivity index (χ0) is 5.98. The van der Waals surface area contributed by atoms with Gasteiger partial charge in [0.15, 0.2) is 0 Å². The van der Waals surface area contributed by atoms with Crippen LogP contribution in [0.15, 0.2) is 0 Å². The summed E-state index contributed by atoms with van der Waals surface area (Å²) in [5.74, 6) is 0. The van der Waals surface area contributed by atoms with E-state index in [1.807, 2.05) is 0 Å². The molecule has 1 aliphatic carbocycles. The van der Waals surface area contributed by atoms with Crippen LogP contribution >= 0.6 is 0 Å². The molecule has 0 heterocycles. The molecule has 0 aromatic heterocycles. The second-order valence-corrected chi connectivity index (χ2v) is 4.38. The Labute approximate surface area is 53.9 Å². The quantitative estimate of drug-likeness (QED) is 0.454. The molecule has 0 atom stereocenters. The summed E-state index contributed by atoms with van der Waals surface area (Å²) >= 11 is 0. The standard InChI is InChI=1S/C7H6Si/c1-8(2)7-5-3-4-6-7/h1-2H3. The highest BCUT2D eigenvalue weighted by Crippen LogP contribution is 2.24. The van der Waals surface area contributed by atoms with Crippen molar-refractivity contribution in [2.45, 2.75) is 13.1 Å². The highest BCUT2D eigenvalue weighted by Gasteiger charge is 2.21. The Morgan fingerprint density at radius 1 is 1.12 bits per heavy atom. The summed E-state index contributed by atoms with van der Waals surface area (Å²) in [4.78, 5) is 0. The van der Waals surface area contributed by atoms with Crippen LogP contribution in [0.25, 0.3) is 0 Å². The maximum atomic E-state index is 2.95. The number of hydrogen-bond acceptors (Lipinski definition) is 0. The first-order chi connectivity index (χ1) is 3.80. The van der Waals surface area contributed by atoms with Gasteiger partial charge in [0.25, 0.3) is 0 Å². The molecule has 1 rings (SSSR count). The van der Waals surface area contributed by atoms with Crippen molar-refractivity contribution in [3.05, 3.63) is 31.2 Å². The van der Waals surface area contributed by atoms with Gasteiger partial charge in [-0.3, -0.25) is 0 Å². The molecule has 38 valence electrons. The Morgan fingerprint density at radius 3 is 1.88 bits per heavy atom. The van der Waals surface area contributed by atoms with Crippen molar-refractivity contribution in [3.8, 4) is 0 Å². The van der Waals surface area contributed by atoms with E-state index < -0.39 is 0 Å². The average molecular weight is 118 g/mol. The van der Waals surface area contributed by atoms with Gasteiger partial charge in [0.05, 0.1) is 8.80 Å². The van der Waals surface area contributed by atoms with Crippen molar-refractivity contribution in [2.75, 3.05) is 0 Å². The summed E-state index contributed by atoms with van der Waals surface area (Å²) in [5, 5.41) is 0. The van der Waals surface area contributed by atoms with Gasteiger partial charge in [-0.1, -0.05) is 13.1 Å². The molecule has 0 nitrogen and oxygen atoms in total. The third-order valence-electron chi connectivity index (χ3n) is 0.938. The lowest BCUT2D eigenvalue weighted by molar-refractivity contribution is 1.46. The fourth-order valence-corrected chi connectivity index (χ4v) is 1.09. The molecule has 0 spiro atoms. The Balaban J connectivity index is 2.24. The monoisotopic (exact) mass is 118 g/mol. The molecule has 10 radical (unpaired) electrons. The first-order valence-corrected chi connectivity index (χ1v) is 5.00. The Hall–Kier alpha value is 0.217. The molecular formula is C7H6Si. The van der Waals surface area contributed by atoms with Crippen molar-refractivity contribution in [1.82, 2.24) is 0 Å². The van der Waals surface area contributed by atoms with E-state index in [0.29, 0.717) is 0 Å². The van der Waals surface area contributed by atoms with Gasteiger partial charge in [0.1, 0.15) is 0 Å². The first kappa shape index (κ1) is 6.34. The van der Waals surface area contributed by atoms with Gasteiger partial charge < -0.3 is 0 Å². The van der Waals surface area contributed by atoms with Crippen molar-refractivity contribution in [1.29, 1.82) is 0 Å². The maximum absolute atomic E-state index is 2.95. The Bertz CT molecular complexity index is 62.8. The molecule has 0 unspecified atom stereocenters. The molecule has 1 aliphatic rings. The van der Waals surface area contributed by atoms with Crippen LogP contribution in [-0.4, -0.2) is 8.80 Å². The van der Waals surface area contributed by atoms with E-state index in [1.165, 1.54) is 5.54 Å². The summed E-state index contributed by atoms with van der Waals surface area (Å²) in [7, 11) is -0.343. The molecule has 0 saturated heterocycles. The molecular weight excluding hydrogens is 112 g/mol. The molecule has 8 heavy (non-hydrogen) atoms. The van der Waals surface area contributed by atoms with Crippen molar-refractivity contribution in [2.24, 2.45) is 0 Å². The lowest BCUT2D eigenvalue weighted by Gasteiger charge is -2.07. The van der Waals surface area contributed by atoms with E-state index in [0.717, 1.165) is 0 Å². The van der Waals surface area contributed by atoms with Crippen LogP contribution in [0.2, 0.25) is 13.1 Å². The molecule has 0 aliphatic heterocycles. The van der Waals surface area contributed by atoms with Gasteiger partial charge in [-0.2, -0.15) is 0 Å². The van der Waals surface area contributed by atoms with Crippen LogP contribution in [0.5, 0.6) is 0 Å². The predicted molar refractivity (Wildman–Crippen MR) is 33.7 cm³/mol.